The van der Waals surface area contributed by atoms with Crippen molar-refractivity contribution in [2.24, 2.45) is 10.2 Å². The zero-order valence-electron chi connectivity index (χ0n) is 10.9. The second-order valence-corrected chi connectivity index (χ2v) is 6.78. The van der Waals surface area contributed by atoms with Crippen molar-refractivity contribution < 1.29 is 5.11 Å². The third-order valence-corrected chi connectivity index (χ3v) is 4.60. The van der Waals surface area contributed by atoms with Crippen LogP contribution in [0.1, 0.15) is 11.3 Å². The van der Waals surface area contributed by atoms with Crippen LogP contribution in [0.2, 0.25) is 5.02 Å². The fourth-order valence-electron chi connectivity index (χ4n) is 1.38. The Morgan fingerprint density at radius 2 is 2.10 bits per heavy atom. The van der Waals surface area contributed by atoms with Gasteiger partial charge in [0, 0.05) is 9.92 Å². The molecule has 0 unspecified atom stereocenters. The Bertz CT molecular complexity index is 564. The molecular formula is C13H14ClN3OS2. The van der Waals surface area contributed by atoms with Crippen LogP contribution in [0.3, 0.4) is 0 Å². The van der Waals surface area contributed by atoms with Crippen molar-refractivity contribution in [1.82, 2.24) is 4.98 Å². The molecule has 0 saturated carbocycles. The molecule has 1 N–H and O–H groups in total. The number of azo groups is 1. The Labute approximate surface area is 130 Å². The van der Waals surface area contributed by atoms with E-state index in [0.29, 0.717) is 11.7 Å². The lowest BCUT2D eigenvalue weighted by Crippen LogP contribution is -1.83. The van der Waals surface area contributed by atoms with Crippen LogP contribution in [-0.2, 0) is 0 Å². The largest absolute Gasteiger partial charge is 0.492 e. The van der Waals surface area contributed by atoms with Crippen molar-refractivity contribution in [2.75, 3.05) is 12.3 Å². The maximum absolute atomic E-state index is 9.31. The molecule has 0 fully saturated rings. The fraction of sp³-hybridized carbons (Fsp3) is 0.308. The summed E-state index contributed by atoms with van der Waals surface area (Å²) in [5, 5.41) is 18.6. The normalized spacial score (nSPS) is 11.3. The molecule has 20 heavy (non-hydrogen) atoms. The smallest absolute Gasteiger partial charge is 0.233 e. The van der Waals surface area contributed by atoms with Gasteiger partial charge in [0.2, 0.25) is 11.0 Å². The van der Waals surface area contributed by atoms with Gasteiger partial charge in [-0.2, -0.15) is 10.1 Å². The monoisotopic (exact) mass is 327 g/mol. The maximum atomic E-state index is 9.31. The zero-order valence-corrected chi connectivity index (χ0v) is 13.3. The third-order valence-electron chi connectivity index (χ3n) is 2.40. The van der Waals surface area contributed by atoms with Crippen LogP contribution >= 0.6 is 34.7 Å². The Morgan fingerprint density at radius 3 is 2.75 bits per heavy atom. The van der Waals surface area contributed by atoms with Gasteiger partial charge < -0.3 is 5.11 Å². The van der Waals surface area contributed by atoms with Crippen molar-refractivity contribution in [3.63, 3.8) is 0 Å². The van der Waals surface area contributed by atoms with E-state index in [1.54, 1.807) is 18.7 Å². The van der Waals surface area contributed by atoms with Gasteiger partial charge in [0.05, 0.1) is 11.4 Å². The van der Waals surface area contributed by atoms with Crippen molar-refractivity contribution in [3.8, 4) is 5.88 Å². The topological polar surface area (TPSA) is 57.8 Å². The minimum absolute atomic E-state index is 0.0437. The van der Waals surface area contributed by atoms with Gasteiger partial charge in [0.25, 0.3) is 0 Å². The summed E-state index contributed by atoms with van der Waals surface area (Å²) in [4.78, 5) is 5.84. The molecular weight excluding hydrogens is 314 g/mol. The predicted molar refractivity (Wildman–Crippen MR) is 84.7 cm³/mol. The maximum Gasteiger partial charge on any atom is 0.233 e. The average molecular weight is 328 g/mol. The summed E-state index contributed by atoms with van der Waals surface area (Å²) in [6.45, 7) is 2.45. The first kappa shape index (κ1) is 15.3. The summed E-state index contributed by atoms with van der Waals surface area (Å²) in [7, 11) is 0. The van der Waals surface area contributed by atoms with Crippen LogP contribution in [0.4, 0.5) is 5.13 Å². The number of halogens is 1. The molecule has 2 rings (SSSR count). The Hall–Kier alpha value is -1.11. The molecule has 0 aliphatic heterocycles. The second-order valence-electron chi connectivity index (χ2n) is 4.00. The number of hydrogen-bond acceptors (Lipinski definition) is 6. The first-order valence-electron chi connectivity index (χ1n) is 6.07. The van der Waals surface area contributed by atoms with E-state index in [0.717, 1.165) is 22.1 Å². The Kier molecular flexibility index (Phi) is 5.82. The van der Waals surface area contributed by atoms with Gasteiger partial charge in [-0.1, -0.05) is 22.9 Å². The van der Waals surface area contributed by atoms with Crippen LogP contribution in [0, 0.1) is 6.92 Å². The van der Waals surface area contributed by atoms with E-state index < -0.39 is 0 Å². The highest BCUT2D eigenvalue weighted by molar-refractivity contribution is 7.99. The van der Waals surface area contributed by atoms with Crippen molar-refractivity contribution in [3.05, 3.63) is 34.2 Å². The van der Waals surface area contributed by atoms with E-state index in [1.165, 1.54) is 16.2 Å². The van der Waals surface area contributed by atoms with Gasteiger partial charge in [-0.15, -0.1) is 16.9 Å². The van der Waals surface area contributed by atoms with Crippen LogP contribution in [-0.4, -0.2) is 22.4 Å². The summed E-state index contributed by atoms with van der Waals surface area (Å²) < 4.78 is 0. The number of nitrogens with zero attached hydrogens (tertiary/aromatic N) is 3. The SMILES string of the molecule is Cc1sc(N=NCCCSc2ccc(Cl)cc2)nc1O. The second kappa shape index (κ2) is 7.61. The highest BCUT2D eigenvalue weighted by Gasteiger charge is 2.03. The van der Waals surface area contributed by atoms with E-state index >= 15 is 0 Å². The molecule has 0 aliphatic rings. The minimum Gasteiger partial charge on any atom is -0.492 e. The quantitative estimate of drug-likeness (QED) is 0.457. The molecule has 1 heterocycles. The number of aromatic hydroxyl groups is 1. The number of aromatic nitrogens is 1. The summed E-state index contributed by atoms with van der Waals surface area (Å²) in [5.74, 6) is 1.02. The van der Waals surface area contributed by atoms with Crippen LogP contribution < -0.4 is 0 Å². The van der Waals surface area contributed by atoms with E-state index in [1.807, 2.05) is 24.3 Å². The van der Waals surface area contributed by atoms with Crippen molar-refractivity contribution in [1.29, 1.82) is 0 Å². The molecule has 0 bridgehead atoms. The Morgan fingerprint density at radius 1 is 1.35 bits per heavy atom. The molecule has 106 valence electrons. The predicted octanol–water partition coefficient (Wildman–Crippen LogP) is 5.08. The lowest BCUT2D eigenvalue weighted by molar-refractivity contribution is 0.454. The van der Waals surface area contributed by atoms with E-state index in [4.69, 9.17) is 11.6 Å². The standard InChI is InChI=1S/C13H14ClN3OS2/c1-9-12(18)16-13(20-9)17-15-7-2-8-19-11-5-3-10(14)4-6-11/h3-6,18H,2,7-8H2,1H3. The lowest BCUT2D eigenvalue weighted by Gasteiger charge is -1.99. The highest BCUT2D eigenvalue weighted by Crippen LogP contribution is 2.29. The molecule has 1 aromatic heterocycles. The summed E-state index contributed by atoms with van der Waals surface area (Å²) in [5.41, 5.74) is 0. The van der Waals surface area contributed by atoms with E-state index in [-0.39, 0.29) is 5.88 Å². The number of benzene rings is 1. The molecule has 0 radical (unpaired) electrons. The number of aryl methyl sites for hydroxylation is 1. The van der Waals surface area contributed by atoms with Crippen molar-refractivity contribution >= 4 is 39.8 Å². The van der Waals surface area contributed by atoms with Gasteiger partial charge in [-0.05, 0) is 43.4 Å². The zero-order chi connectivity index (χ0) is 14.4. The number of thiazole rings is 1. The van der Waals surface area contributed by atoms with Gasteiger partial charge >= 0.3 is 0 Å². The Balaban J connectivity index is 1.67. The number of rotatable bonds is 6. The van der Waals surface area contributed by atoms with Gasteiger partial charge in [0.1, 0.15) is 0 Å². The molecule has 0 spiro atoms. The third kappa shape index (κ3) is 4.77. The van der Waals surface area contributed by atoms with Crippen LogP contribution in [0.25, 0.3) is 0 Å². The summed E-state index contributed by atoms with van der Waals surface area (Å²) in [6, 6.07) is 7.80. The molecule has 0 aliphatic carbocycles. The average Bonchev–Trinajstić information content (AvgIpc) is 2.75. The fourth-order valence-corrected chi connectivity index (χ4v) is 2.99. The molecule has 7 heteroatoms. The van der Waals surface area contributed by atoms with Gasteiger partial charge in [-0.25, -0.2) is 0 Å². The highest BCUT2D eigenvalue weighted by atomic mass is 35.5. The number of thioether (sulfide) groups is 1. The number of hydrogen-bond donors (Lipinski definition) is 1. The van der Waals surface area contributed by atoms with Gasteiger partial charge in [-0.3, -0.25) is 0 Å². The molecule has 0 atom stereocenters. The molecule has 2 aromatic rings. The van der Waals surface area contributed by atoms with Gasteiger partial charge in [0.15, 0.2) is 0 Å². The minimum atomic E-state index is 0.0437. The van der Waals surface area contributed by atoms with Crippen LogP contribution in [0.15, 0.2) is 39.4 Å². The molecule has 0 amide bonds. The van der Waals surface area contributed by atoms with E-state index in [2.05, 4.69) is 15.2 Å². The van der Waals surface area contributed by atoms with E-state index in [9.17, 15) is 5.11 Å². The summed E-state index contributed by atoms with van der Waals surface area (Å²) in [6.07, 6.45) is 0.938. The molecule has 0 saturated heterocycles. The van der Waals surface area contributed by atoms with Crippen LogP contribution in [0.5, 0.6) is 5.88 Å². The molecule has 1 aromatic carbocycles. The molecule has 4 nitrogen and oxygen atoms in total. The lowest BCUT2D eigenvalue weighted by atomic mass is 10.4. The van der Waals surface area contributed by atoms with Crippen molar-refractivity contribution in [2.45, 2.75) is 18.2 Å². The first-order valence-corrected chi connectivity index (χ1v) is 8.25. The first-order chi connectivity index (χ1) is 9.65. The summed E-state index contributed by atoms with van der Waals surface area (Å²) >= 11 is 8.93.